The maximum Gasteiger partial charge on any atom is 0.244 e. The van der Waals surface area contributed by atoms with E-state index in [1.165, 1.54) is 12.1 Å². The first kappa shape index (κ1) is 13.9. The molecule has 1 aliphatic carbocycles. The number of anilines is 2. The smallest absolute Gasteiger partial charge is 0.244 e. The van der Waals surface area contributed by atoms with Crippen molar-refractivity contribution in [1.29, 1.82) is 0 Å². The number of aromatic nitrogens is 2. The van der Waals surface area contributed by atoms with Crippen LogP contribution in [-0.4, -0.2) is 15.5 Å². The molecule has 0 bridgehead atoms. The lowest BCUT2D eigenvalue weighted by Crippen LogP contribution is -2.20. The third-order valence-electron chi connectivity index (χ3n) is 3.69. The molecular formula is C15H17ClN4O. The molecule has 1 aromatic heterocycles. The van der Waals surface area contributed by atoms with Crippen LogP contribution in [0.4, 0.5) is 11.4 Å². The van der Waals surface area contributed by atoms with Crippen molar-refractivity contribution in [1.82, 2.24) is 9.55 Å². The molecule has 3 rings (SSSR count). The third-order valence-corrected chi connectivity index (χ3v) is 4.00. The lowest BCUT2D eigenvalue weighted by atomic mass is 10.0. The number of halogens is 1. The highest BCUT2D eigenvalue weighted by Crippen LogP contribution is 2.24. The Bertz CT molecular complexity index is 680. The Hall–Kier alpha value is -2.01. The van der Waals surface area contributed by atoms with Gasteiger partial charge < -0.3 is 15.6 Å². The first-order chi connectivity index (χ1) is 10.1. The molecule has 0 radical (unpaired) electrons. The first-order valence-corrected chi connectivity index (χ1v) is 7.39. The Morgan fingerprint density at radius 1 is 1.38 bits per heavy atom. The number of hydrogen-bond donors (Lipinski definition) is 2. The van der Waals surface area contributed by atoms with Gasteiger partial charge in [0.15, 0.2) is 0 Å². The summed E-state index contributed by atoms with van der Waals surface area (Å²) in [5.41, 5.74) is 9.08. The topological polar surface area (TPSA) is 72.9 Å². The van der Waals surface area contributed by atoms with Crippen LogP contribution in [0.15, 0.2) is 24.5 Å². The van der Waals surface area contributed by atoms with Gasteiger partial charge in [-0.15, -0.1) is 0 Å². The van der Waals surface area contributed by atoms with Gasteiger partial charge in [-0.1, -0.05) is 11.6 Å². The zero-order chi connectivity index (χ0) is 14.8. The molecule has 1 aromatic carbocycles. The molecule has 110 valence electrons. The average Bonchev–Trinajstić information content (AvgIpc) is 2.85. The summed E-state index contributed by atoms with van der Waals surface area (Å²) in [6, 6.07) is 5.04. The van der Waals surface area contributed by atoms with Gasteiger partial charge in [-0.2, -0.15) is 0 Å². The van der Waals surface area contributed by atoms with Gasteiger partial charge >= 0.3 is 0 Å². The first-order valence-electron chi connectivity index (χ1n) is 7.01. The number of carbonyl (C=O) groups is 1. The van der Waals surface area contributed by atoms with Gasteiger partial charge in [-0.05, 0) is 43.9 Å². The maximum absolute atomic E-state index is 12.2. The predicted octanol–water partition coefficient (Wildman–Crippen LogP) is 2.64. The predicted molar refractivity (Wildman–Crippen MR) is 83.4 cm³/mol. The standard InChI is InChI=1S/C15H17ClN4O/c16-11-7-10(17)5-6-12(11)19-15(21)8-20-9-18-13-3-1-2-4-14(13)20/h5-7,9H,1-4,8,17H2,(H,19,21). The summed E-state index contributed by atoms with van der Waals surface area (Å²) in [6.45, 7) is 0.253. The number of nitrogens with two attached hydrogens (primary N) is 1. The molecule has 0 fully saturated rings. The van der Waals surface area contributed by atoms with E-state index in [0.717, 1.165) is 25.0 Å². The normalized spacial score (nSPS) is 13.8. The van der Waals surface area contributed by atoms with E-state index in [4.69, 9.17) is 17.3 Å². The monoisotopic (exact) mass is 304 g/mol. The van der Waals surface area contributed by atoms with Gasteiger partial charge in [0.2, 0.25) is 5.91 Å². The summed E-state index contributed by atoms with van der Waals surface area (Å²) in [5, 5.41) is 3.25. The summed E-state index contributed by atoms with van der Waals surface area (Å²) in [4.78, 5) is 16.5. The van der Waals surface area contributed by atoms with Crippen molar-refractivity contribution in [3.8, 4) is 0 Å². The van der Waals surface area contributed by atoms with E-state index < -0.39 is 0 Å². The third kappa shape index (κ3) is 3.03. The fraction of sp³-hybridized carbons (Fsp3) is 0.333. The Balaban J connectivity index is 1.70. The fourth-order valence-corrected chi connectivity index (χ4v) is 2.88. The Labute approximate surface area is 128 Å². The van der Waals surface area contributed by atoms with Crippen LogP contribution >= 0.6 is 11.6 Å². The van der Waals surface area contributed by atoms with Crippen molar-refractivity contribution >= 4 is 28.9 Å². The SMILES string of the molecule is Nc1ccc(NC(=O)Cn2cnc3c2CCCC3)c(Cl)c1. The Morgan fingerprint density at radius 2 is 2.19 bits per heavy atom. The zero-order valence-corrected chi connectivity index (χ0v) is 12.4. The average molecular weight is 305 g/mol. The van der Waals surface area contributed by atoms with E-state index >= 15 is 0 Å². The van der Waals surface area contributed by atoms with Crippen LogP contribution in [0.5, 0.6) is 0 Å². The molecule has 0 unspecified atom stereocenters. The van der Waals surface area contributed by atoms with Crippen molar-refractivity contribution in [3.05, 3.63) is 40.9 Å². The highest BCUT2D eigenvalue weighted by atomic mass is 35.5. The molecule has 0 atom stereocenters. The van der Waals surface area contributed by atoms with Crippen LogP contribution < -0.4 is 11.1 Å². The number of imidazole rings is 1. The second-order valence-corrected chi connectivity index (χ2v) is 5.67. The number of fused-ring (bicyclic) bond motifs is 1. The molecule has 5 nitrogen and oxygen atoms in total. The zero-order valence-electron chi connectivity index (χ0n) is 11.6. The minimum Gasteiger partial charge on any atom is -0.399 e. The number of rotatable bonds is 3. The van der Waals surface area contributed by atoms with Gasteiger partial charge in [0.1, 0.15) is 6.54 Å². The molecule has 3 N–H and O–H groups in total. The Kier molecular flexibility index (Phi) is 3.84. The summed E-state index contributed by atoms with van der Waals surface area (Å²) in [5.74, 6) is -0.118. The van der Waals surface area contributed by atoms with Gasteiger partial charge in [-0.3, -0.25) is 4.79 Å². The highest BCUT2D eigenvalue weighted by Gasteiger charge is 2.17. The van der Waals surface area contributed by atoms with E-state index in [1.54, 1.807) is 24.5 Å². The van der Waals surface area contributed by atoms with Crippen LogP contribution in [-0.2, 0) is 24.2 Å². The molecule has 1 amide bonds. The van der Waals surface area contributed by atoms with Gasteiger partial charge in [0.25, 0.3) is 0 Å². The summed E-state index contributed by atoms with van der Waals surface area (Å²) >= 11 is 6.06. The van der Waals surface area contributed by atoms with Crippen molar-refractivity contribution in [2.45, 2.75) is 32.2 Å². The van der Waals surface area contributed by atoms with Crippen LogP contribution in [0.25, 0.3) is 0 Å². The second-order valence-electron chi connectivity index (χ2n) is 5.26. The molecule has 0 saturated carbocycles. The minimum atomic E-state index is -0.118. The summed E-state index contributed by atoms with van der Waals surface area (Å²) in [7, 11) is 0. The van der Waals surface area contributed by atoms with E-state index in [1.807, 2.05) is 4.57 Å². The molecule has 1 heterocycles. The quantitative estimate of drug-likeness (QED) is 0.856. The number of amides is 1. The lowest BCUT2D eigenvalue weighted by molar-refractivity contribution is -0.116. The molecule has 0 spiro atoms. The number of benzene rings is 1. The van der Waals surface area contributed by atoms with Gasteiger partial charge in [0, 0.05) is 11.4 Å². The lowest BCUT2D eigenvalue weighted by Gasteiger charge is -2.14. The highest BCUT2D eigenvalue weighted by molar-refractivity contribution is 6.34. The number of aryl methyl sites for hydroxylation is 1. The van der Waals surface area contributed by atoms with E-state index in [9.17, 15) is 4.79 Å². The largest absolute Gasteiger partial charge is 0.399 e. The van der Waals surface area contributed by atoms with Gasteiger partial charge in [0.05, 0.1) is 22.7 Å². The van der Waals surface area contributed by atoms with Crippen molar-refractivity contribution in [2.75, 3.05) is 11.1 Å². The minimum absolute atomic E-state index is 0.118. The molecule has 0 saturated heterocycles. The number of carbonyl (C=O) groups excluding carboxylic acids is 1. The van der Waals surface area contributed by atoms with Crippen LogP contribution in [0, 0.1) is 0 Å². The fourth-order valence-electron chi connectivity index (χ4n) is 2.64. The van der Waals surface area contributed by atoms with E-state index in [-0.39, 0.29) is 12.5 Å². The number of hydrogen-bond acceptors (Lipinski definition) is 3. The van der Waals surface area contributed by atoms with Gasteiger partial charge in [-0.25, -0.2) is 4.98 Å². The number of nitrogen functional groups attached to an aromatic ring is 1. The molecule has 2 aromatic rings. The molecule has 0 aliphatic heterocycles. The van der Waals surface area contributed by atoms with E-state index in [0.29, 0.717) is 16.4 Å². The number of nitrogens with zero attached hydrogens (tertiary/aromatic N) is 2. The van der Waals surface area contributed by atoms with Crippen LogP contribution in [0.1, 0.15) is 24.2 Å². The molecule has 21 heavy (non-hydrogen) atoms. The molecule has 6 heteroatoms. The Morgan fingerprint density at radius 3 is 3.00 bits per heavy atom. The molecular weight excluding hydrogens is 288 g/mol. The number of nitrogens with one attached hydrogen (secondary N) is 1. The van der Waals surface area contributed by atoms with E-state index in [2.05, 4.69) is 10.3 Å². The van der Waals surface area contributed by atoms with Crippen molar-refractivity contribution in [2.24, 2.45) is 0 Å². The van der Waals surface area contributed by atoms with Crippen molar-refractivity contribution in [3.63, 3.8) is 0 Å². The summed E-state index contributed by atoms with van der Waals surface area (Å²) < 4.78 is 1.93. The van der Waals surface area contributed by atoms with Crippen LogP contribution in [0.2, 0.25) is 5.02 Å². The second kappa shape index (κ2) is 5.77. The van der Waals surface area contributed by atoms with Crippen LogP contribution in [0.3, 0.4) is 0 Å². The maximum atomic E-state index is 12.2. The summed E-state index contributed by atoms with van der Waals surface area (Å²) in [6.07, 6.45) is 6.08. The van der Waals surface area contributed by atoms with Crippen molar-refractivity contribution < 1.29 is 4.79 Å². The molecule has 1 aliphatic rings.